The van der Waals surface area contributed by atoms with Crippen LogP contribution in [0.2, 0.25) is 5.02 Å². The van der Waals surface area contributed by atoms with Gasteiger partial charge in [0.2, 0.25) is 5.91 Å². The fourth-order valence-corrected chi connectivity index (χ4v) is 6.39. The normalized spacial score (nSPS) is 16.9. The average Bonchev–Trinajstić information content (AvgIpc) is 3.46. The highest BCUT2D eigenvalue weighted by molar-refractivity contribution is 7.15. The van der Waals surface area contributed by atoms with Crippen LogP contribution in [0.15, 0.2) is 53.7 Å². The van der Waals surface area contributed by atoms with Crippen molar-refractivity contribution in [1.29, 1.82) is 0 Å². The van der Waals surface area contributed by atoms with Gasteiger partial charge in [0.1, 0.15) is 22.6 Å². The number of piperazine rings is 1. The lowest BCUT2D eigenvalue weighted by atomic mass is 9.99. The van der Waals surface area contributed by atoms with Crippen LogP contribution in [-0.2, 0) is 4.79 Å². The van der Waals surface area contributed by atoms with Crippen LogP contribution in [0.1, 0.15) is 51.4 Å². The molecule has 4 aromatic rings. The van der Waals surface area contributed by atoms with Gasteiger partial charge in [-0.25, -0.2) is 4.98 Å². The predicted molar refractivity (Wildman–Crippen MR) is 157 cm³/mol. The molecule has 0 radical (unpaired) electrons. The number of fused-ring (bicyclic) bond motifs is 3. The fraction of sp³-hybridized carbons (Fsp3) is 0.300. The number of likely N-dealkylation sites (N-methyl/N-ethyl adjacent to an activating group) is 1. The van der Waals surface area contributed by atoms with Crippen LogP contribution in [-0.4, -0.2) is 74.4 Å². The summed E-state index contributed by atoms with van der Waals surface area (Å²) in [7, 11) is 2.08. The lowest BCUT2D eigenvalue weighted by molar-refractivity contribution is -0.133. The predicted octanol–water partition coefficient (Wildman–Crippen LogP) is 4.45. The number of carbonyl (C=O) groups excluding carboxylic acids is 1. The second-order valence-corrected chi connectivity index (χ2v) is 11.5. The summed E-state index contributed by atoms with van der Waals surface area (Å²) in [6.07, 6.45) is 1.96. The zero-order chi connectivity index (χ0) is 27.8. The number of aromatic nitrogens is 4. The van der Waals surface area contributed by atoms with Crippen LogP contribution in [0.5, 0.6) is 0 Å². The zero-order valence-electron chi connectivity index (χ0n) is 22.6. The van der Waals surface area contributed by atoms with E-state index in [4.69, 9.17) is 16.6 Å². The number of carbonyl (C=O) groups is 1. The number of rotatable bonds is 3. The van der Waals surface area contributed by atoms with Crippen LogP contribution in [0.3, 0.4) is 0 Å². The molecule has 0 saturated carbocycles. The van der Waals surface area contributed by atoms with E-state index in [2.05, 4.69) is 45.9 Å². The number of benzene rings is 1. The van der Waals surface area contributed by atoms with Crippen molar-refractivity contribution in [3.63, 3.8) is 0 Å². The Balaban J connectivity index is 1.48. The maximum atomic E-state index is 13.5. The second kappa shape index (κ2) is 11.0. The molecule has 0 bridgehead atoms. The number of aryl methyl sites for hydroxylation is 1. The van der Waals surface area contributed by atoms with Gasteiger partial charge >= 0.3 is 0 Å². The summed E-state index contributed by atoms with van der Waals surface area (Å²) >= 11 is 7.83. The minimum Gasteiger partial charge on any atom is -0.340 e. The van der Waals surface area contributed by atoms with E-state index < -0.39 is 6.04 Å². The van der Waals surface area contributed by atoms with Gasteiger partial charge in [-0.05, 0) is 62.6 Å². The summed E-state index contributed by atoms with van der Waals surface area (Å²) in [5.74, 6) is 8.01. The molecular weight excluding hydrogens is 542 g/mol. The topological polar surface area (TPSA) is 79.5 Å². The van der Waals surface area contributed by atoms with Crippen molar-refractivity contribution >= 4 is 34.6 Å². The first-order valence-corrected chi connectivity index (χ1v) is 14.4. The van der Waals surface area contributed by atoms with Crippen molar-refractivity contribution in [3.8, 4) is 16.8 Å². The molecule has 40 heavy (non-hydrogen) atoms. The van der Waals surface area contributed by atoms with Gasteiger partial charge in [-0.1, -0.05) is 29.8 Å². The number of thiophene rings is 1. The van der Waals surface area contributed by atoms with Gasteiger partial charge in [-0.2, -0.15) is 0 Å². The molecule has 0 spiro atoms. The Kier molecular flexibility index (Phi) is 7.24. The molecule has 1 saturated heterocycles. The molecule has 8 nitrogen and oxygen atoms in total. The van der Waals surface area contributed by atoms with Gasteiger partial charge < -0.3 is 9.80 Å². The third kappa shape index (κ3) is 5.06. The maximum absolute atomic E-state index is 13.5. The number of hydrogen-bond acceptors (Lipinski definition) is 7. The fourth-order valence-electron chi connectivity index (χ4n) is 5.05. The van der Waals surface area contributed by atoms with Crippen LogP contribution in [0.4, 0.5) is 0 Å². The molecule has 10 heteroatoms. The van der Waals surface area contributed by atoms with Gasteiger partial charge in [0.15, 0.2) is 5.82 Å². The average molecular weight is 570 g/mol. The van der Waals surface area contributed by atoms with Gasteiger partial charge in [0, 0.05) is 48.5 Å². The van der Waals surface area contributed by atoms with E-state index in [1.807, 2.05) is 58.9 Å². The van der Waals surface area contributed by atoms with Gasteiger partial charge in [-0.15, -0.1) is 21.5 Å². The largest absolute Gasteiger partial charge is 0.340 e. The molecule has 5 heterocycles. The quantitative estimate of drug-likeness (QED) is 0.341. The molecule has 0 aliphatic carbocycles. The van der Waals surface area contributed by atoms with Crippen molar-refractivity contribution in [2.75, 3.05) is 33.2 Å². The summed E-state index contributed by atoms with van der Waals surface area (Å²) in [5.41, 5.74) is 4.41. The smallest absolute Gasteiger partial charge is 0.225 e. The summed E-state index contributed by atoms with van der Waals surface area (Å²) in [6, 6.07) is 12.9. The molecule has 1 atom stereocenters. The number of nitrogens with zero attached hydrogens (tertiary/aromatic N) is 7. The highest BCUT2D eigenvalue weighted by Gasteiger charge is 2.34. The third-order valence-electron chi connectivity index (χ3n) is 7.31. The molecule has 1 amide bonds. The Hall–Kier alpha value is -3.84. The Bertz CT molecular complexity index is 1660. The van der Waals surface area contributed by atoms with Gasteiger partial charge in [0.05, 0.1) is 17.0 Å². The first kappa shape index (κ1) is 26.4. The highest BCUT2D eigenvalue weighted by atomic mass is 35.5. The monoisotopic (exact) mass is 569 g/mol. The van der Waals surface area contributed by atoms with E-state index in [1.165, 1.54) is 0 Å². The van der Waals surface area contributed by atoms with E-state index in [0.717, 1.165) is 51.2 Å². The standard InChI is InChI=1S/C30H28ClN7OS/c1-19-25(12-11-23-6-4-5-13-32-23)40-30-27(19)28(21-7-9-22(31)10-8-21)33-24(29-35-34-20(2)38(29)30)18-26(39)37-16-14-36(3)15-17-37/h4-10,13,24H,14-18H2,1-3H3/t24-/m0/s1. The lowest BCUT2D eigenvalue weighted by Crippen LogP contribution is -2.47. The molecule has 0 N–H and O–H groups in total. The van der Waals surface area contributed by atoms with Crippen LogP contribution >= 0.6 is 22.9 Å². The molecule has 1 aromatic carbocycles. The highest BCUT2D eigenvalue weighted by Crippen LogP contribution is 2.40. The van der Waals surface area contributed by atoms with Crippen molar-refractivity contribution in [2.24, 2.45) is 4.99 Å². The summed E-state index contributed by atoms with van der Waals surface area (Å²) < 4.78 is 2.05. The molecule has 6 rings (SSSR count). The van der Waals surface area contributed by atoms with E-state index in [-0.39, 0.29) is 12.3 Å². The number of pyridine rings is 1. The molecular formula is C30H28ClN7OS. The van der Waals surface area contributed by atoms with E-state index in [9.17, 15) is 4.79 Å². The number of amides is 1. The van der Waals surface area contributed by atoms with Crippen LogP contribution < -0.4 is 0 Å². The van der Waals surface area contributed by atoms with Crippen LogP contribution in [0, 0.1) is 25.7 Å². The first-order chi connectivity index (χ1) is 19.4. The lowest BCUT2D eigenvalue weighted by Gasteiger charge is -2.33. The van der Waals surface area contributed by atoms with Crippen molar-refractivity contribution < 1.29 is 4.79 Å². The Labute approximate surface area is 242 Å². The van der Waals surface area contributed by atoms with Crippen LogP contribution in [0.25, 0.3) is 5.00 Å². The van der Waals surface area contributed by atoms with Crippen molar-refractivity contribution in [1.82, 2.24) is 29.5 Å². The van der Waals surface area contributed by atoms with Crippen molar-refractivity contribution in [3.05, 3.63) is 92.6 Å². The molecule has 3 aromatic heterocycles. The Morgan fingerprint density at radius 1 is 1.05 bits per heavy atom. The summed E-state index contributed by atoms with van der Waals surface area (Å²) in [4.78, 5) is 28.2. The second-order valence-electron chi connectivity index (χ2n) is 10.0. The molecule has 2 aliphatic heterocycles. The maximum Gasteiger partial charge on any atom is 0.225 e. The number of aliphatic imine (C=N–C) groups is 1. The minimum atomic E-state index is -0.485. The number of hydrogen-bond donors (Lipinski definition) is 0. The van der Waals surface area contributed by atoms with E-state index in [0.29, 0.717) is 29.6 Å². The zero-order valence-corrected chi connectivity index (χ0v) is 24.1. The minimum absolute atomic E-state index is 0.0772. The Morgan fingerprint density at radius 3 is 2.55 bits per heavy atom. The number of halogens is 1. The third-order valence-corrected chi connectivity index (χ3v) is 8.76. The van der Waals surface area contributed by atoms with E-state index in [1.54, 1.807) is 17.5 Å². The van der Waals surface area contributed by atoms with E-state index >= 15 is 0 Å². The summed E-state index contributed by atoms with van der Waals surface area (Å²) in [5, 5.41) is 10.6. The first-order valence-electron chi connectivity index (χ1n) is 13.2. The molecule has 202 valence electrons. The Morgan fingerprint density at radius 2 is 1.82 bits per heavy atom. The SMILES string of the molecule is Cc1c(C#Cc2ccccn2)sc2c1C(c1ccc(Cl)cc1)=N[C@@H](CC(=O)N1CCN(C)CC1)c1nnc(C)n1-2. The van der Waals surface area contributed by atoms with Gasteiger partial charge in [0.25, 0.3) is 0 Å². The summed E-state index contributed by atoms with van der Waals surface area (Å²) in [6.45, 7) is 7.16. The molecule has 1 fully saturated rings. The van der Waals surface area contributed by atoms with Crippen molar-refractivity contribution in [2.45, 2.75) is 26.3 Å². The molecule has 2 aliphatic rings. The van der Waals surface area contributed by atoms with Gasteiger partial charge in [-0.3, -0.25) is 14.4 Å². The molecule has 0 unspecified atom stereocenters.